The normalized spacial score (nSPS) is 10.6. The van der Waals surface area contributed by atoms with Crippen molar-refractivity contribution in [1.29, 1.82) is 0 Å². The van der Waals surface area contributed by atoms with Crippen LogP contribution in [0.3, 0.4) is 0 Å². The number of carbonyl (C=O) groups is 1. The minimum absolute atomic E-state index is 0.0760. The van der Waals surface area contributed by atoms with Crippen molar-refractivity contribution in [3.63, 3.8) is 0 Å². The molecule has 0 radical (unpaired) electrons. The van der Waals surface area contributed by atoms with Gasteiger partial charge < -0.3 is 9.47 Å². The third-order valence-corrected chi connectivity index (χ3v) is 3.24. The average Bonchev–Trinajstić information content (AvgIpc) is 2.59. The molecular weight excluding hydrogens is 278 g/mol. The summed E-state index contributed by atoms with van der Waals surface area (Å²) in [5.74, 6) is 1.33. The van der Waals surface area contributed by atoms with E-state index in [-0.39, 0.29) is 5.78 Å². The van der Waals surface area contributed by atoms with Gasteiger partial charge in [-0.1, -0.05) is 36.4 Å². The summed E-state index contributed by atoms with van der Waals surface area (Å²) in [5.41, 5.74) is 1.74. The van der Waals surface area contributed by atoms with Crippen LogP contribution in [-0.4, -0.2) is 32.8 Å². The van der Waals surface area contributed by atoms with Gasteiger partial charge in [-0.2, -0.15) is 0 Å². The molecule has 0 aliphatic carbocycles. The van der Waals surface area contributed by atoms with Gasteiger partial charge in [0.05, 0.1) is 20.4 Å². The smallest absolute Gasteiger partial charge is 0.203 e. The molecule has 0 aromatic heterocycles. The number of hydrogen-bond acceptors (Lipinski definition) is 4. The van der Waals surface area contributed by atoms with Crippen molar-refractivity contribution in [2.45, 2.75) is 6.42 Å². The summed E-state index contributed by atoms with van der Waals surface area (Å²) in [7, 11) is 3.22. The van der Waals surface area contributed by atoms with E-state index < -0.39 is 0 Å². The molecule has 0 fully saturated rings. The van der Waals surface area contributed by atoms with Crippen LogP contribution in [0.4, 0.5) is 0 Å². The number of rotatable bonds is 7. The van der Waals surface area contributed by atoms with Gasteiger partial charge in [-0.05, 0) is 24.1 Å². The zero-order chi connectivity index (χ0) is 15.8. The summed E-state index contributed by atoms with van der Waals surface area (Å²) < 4.78 is 10.5. The number of benzene rings is 2. The third-order valence-electron chi connectivity index (χ3n) is 3.24. The highest BCUT2D eigenvalue weighted by molar-refractivity contribution is 6.35. The molecule has 0 saturated carbocycles. The Kier molecular flexibility index (Phi) is 5.72. The number of ketones is 1. The lowest BCUT2D eigenvalue weighted by Gasteiger charge is -2.08. The maximum atomic E-state index is 11.9. The van der Waals surface area contributed by atoms with Gasteiger partial charge in [0, 0.05) is 12.1 Å². The molecule has 0 unspecified atom stereocenters. The predicted octanol–water partition coefficient (Wildman–Crippen LogP) is 3.20. The van der Waals surface area contributed by atoms with Gasteiger partial charge in [-0.25, -0.2) is 0 Å². The van der Waals surface area contributed by atoms with Crippen LogP contribution in [0, 0.1) is 0 Å². The lowest BCUT2D eigenvalue weighted by Crippen LogP contribution is -2.01. The molecule has 2 aromatic rings. The van der Waals surface area contributed by atoms with Gasteiger partial charge in [0.25, 0.3) is 0 Å². The first kappa shape index (κ1) is 15.8. The Labute approximate surface area is 130 Å². The van der Waals surface area contributed by atoms with Crippen LogP contribution >= 0.6 is 0 Å². The SMILES string of the molecule is COc1ccc(CC/N=C\C(=O)c2ccccc2)cc1OC. The molecule has 2 rings (SSSR count). The van der Waals surface area contributed by atoms with Crippen molar-refractivity contribution in [2.75, 3.05) is 20.8 Å². The van der Waals surface area contributed by atoms with Gasteiger partial charge in [0.2, 0.25) is 5.78 Å². The zero-order valence-electron chi connectivity index (χ0n) is 12.8. The van der Waals surface area contributed by atoms with Crippen LogP contribution in [0.15, 0.2) is 53.5 Å². The lowest BCUT2D eigenvalue weighted by molar-refractivity contribution is 0.107. The summed E-state index contributed by atoms with van der Waals surface area (Å²) in [5, 5.41) is 0. The number of Topliss-reactive ketones (excluding diaryl/α,β-unsaturated/α-hetero) is 1. The molecule has 2 aromatic carbocycles. The van der Waals surface area contributed by atoms with Crippen LogP contribution in [0.2, 0.25) is 0 Å². The summed E-state index contributed by atoms with van der Waals surface area (Å²) in [6.45, 7) is 0.550. The zero-order valence-corrected chi connectivity index (χ0v) is 12.8. The van der Waals surface area contributed by atoms with Crippen molar-refractivity contribution < 1.29 is 14.3 Å². The highest BCUT2D eigenvalue weighted by Crippen LogP contribution is 2.27. The summed E-state index contributed by atoms with van der Waals surface area (Å²) >= 11 is 0. The summed E-state index contributed by atoms with van der Waals surface area (Å²) in [4.78, 5) is 16.0. The second-order valence-electron chi connectivity index (χ2n) is 4.70. The minimum atomic E-state index is -0.0760. The molecule has 0 aliphatic rings. The fourth-order valence-corrected chi connectivity index (χ4v) is 2.05. The molecule has 0 N–H and O–H groups in total. The number of carbonyl (C=O) groups excluding carboxylic acids is 1. The number of hydrogen-bond donors (Lipinski definition) is 0. The summed E-state index contributed by atoms with van der Waals surface area (Å²) in [6, 6.07) is 14.9. The largest absolute Gasteiger partial charge is 0.493 e. The standard InChI is InChI=1S/C18H19NO3/c1-21-17-9-8-14(12-18(17)22-2)10-11-19-13-16(20)15-6-4-3-5-7-15/h3-9,12-13H,10-11H2,1-2H3/b19-13-. The molecule has 0 amide bonds. The van der Waals surface area contributed by atoms with Crippen LogP contribution in [-0.2, 0) is 6.42 Å². The van der Waals surface area contributed by atoms with Crippen molar-refractivity contribution in [2.24, 2.45) is 4.99 Å². The Balaban J connectivity index is 1.91. The van der Waals surface area contributed by atoms with Gasteiger partial charge >= 0.3 is 0 Å². The molecule has 114 valence electrons. The highest BCUT2D eigenvalue weighted by Gasteiger charge is 2.04. The van der Waals surface area contributed by atoms with E-state index in [2.05, 4.69) is 4.99 Å². The monoisotopic (exact) mass is 297 g/mol. The molecule has 4 nitrogen and oxygen atoms in total. The van der Waals surface area contributed by atoms with E-state index in [4.69, 9.17) is 9.47 Å². The Morgan fingerprint density at radius 3 is 2.45 bits per heavy atom. The highest BCUT2D eigenvalue weighted by atomic mass is 16.5. The molecular formula is C18H19NO3. The van der Waals surface area contributed by atoms with E-state index in [1.807, 2.05) is 36.4 Å². The fourth-order valence-electron chi connectivity index (χ4n) is 2.05. The van der Waals surface area contributed by atoms with Gasteiger partial charge in [0.1, 0.15) is 0 Å². The topological polar surface area (TPSA) is 47.9 Å². The first-order valence-electron chi connectivity index (χ1n) is 7.04. The average molecular weight is 297 g/mol. The molecule has 22 heavy (non-hydrogen) atoms. The second kappa shape index (κ2) is 7.98. The first-order valence-corrected chi connectivity index (χ1v) is 7.04. The fraction of sp³-hybridized carbons (Fsp3) is 0.222. The van der Waals surface area contributed by atoms with Crippen molar-refractivity contribution >= 4 is 12.0 Å². The van der Waals surface area contributed by atoms with Gasteiger partial charge in [0.15, 0.2) is 11.5 Å². The van der Waals surface area contributed by atoms with Crippen LogP contribution in [0.1, 0.15) is 15.9 Å². The Hall–Kier alpha value is -2.62. The Morgan fingerprint density at radius 1 is 1.05 bits per heavy atom. The van der Waals surface area contributed by atoms with Gasteiger partial charge in [-0.15, -0.1) is 0 Å². The Morgan fingerprint density at radius 2 is 1.77 bits per heavy atom. The number of aliphatic imine (C=N–C) groups is 1. The molecule has 0 heterocycles. The maximum Gasteiger partial charge on any atom is 0.203 e. The number of methoxy groups -OCH3 is 2. The quantitative estimate of drug-likeness (QED) is 0.582. The lowest BCUT2D eigenvalue weighted by atomic mass is 10.1. The molecule has 0 bridgehead atoms. The predicted molar refractivity (Wildman–Crippen MR) is 87.4 cm³/mol. The van der Waals surface area contributed by atoms with Crippen molar-refractivity contribution in [3.05, 3.63) is 59.7 Å². The van der Waals surface area contributed by atoms with Crippen LogP contribution < -0.4 is 9.47 Å². The number of nitrogens with zero attached hydrogens (tertiary/aromatic N) is 1. The Bertz CT molecular complexity index is 651. The first-order chi connectivity index (χ1) is 10.7. The molecule has 0 atom stereocenters. The maximum absolute atomic E-state index is 11.9. The summed E-state index contributed by atoms with van der Waals surface area (Å²) in [6.07, 6.45) is 2.12. The van der Waals surface area contributed by atoms with E-state index >= 15 is 0 Å². The molecule has 4 heteroatoms. The molecule has 0 aliphatic heterocycles. The van der Waals surface area contributed by atoms with E-state index in [0.29, 0.717) is 23.6 Å². The number of ether oxygens (including phenoxy) is 2. The molecule has 0 saturated heterocycles. The van der Waals surface area contributed by atoms with E-state index in [9.17, 15) is 4.79 Å². The van der Waals surface area contributed by atoms with Crippen molar-refractivity contribution in [3.8, 4) is 11.5 Å². The molecule has 0 spiro atoms. The second-order valence-corrected chi connectivity index (χ2v) is 4.70. The van der Waals surface area contributed by atoms with Crippen LogP contribution in [0.25, 0.3) is 0 Å². The van der Waals surface area contributed by atoms with Gasteiger partial charge in [-0.3, -0.25) is 9.79 Å². The van der Waals surface area contributed by atoms with E-state index in [1.165, 1.54) is 6.21 Å². The third kappa shape index (κ3) is 4.19. The van der Waals surface area contributed by atoms with Crippen LogP contribution in [0.5, 0.6) is 11.5 Å². The van der Waals surface area contributed by atoms with E-state index in [0.717, 1.165) is 12.0 Å². The minimum Gasteiger partial charge on any atom is -0.493 e. The van der Waals surface area contributed by atoms with E-state index in [1.54, 1.807) is 26.4 Å². The van der Waals surface area contributed by atoms with Crippen molar-refractivity contribution in [1.82, 2.24) is 0 Å².